The lowest BCUT2D eigenvalue weighted by Crippen LogP contribution is -2.29. The van der Waals surface area contributed by atoms with Crippen LogP contribution in [0.15, 0.2) is 24.8 Å². The number of nitrogens with zero attached hydrogens (tertiary/aromatic N) is 3. The molecule has 23 heavy (non-hydrogen) atoms. The summed E-state index contributed by atoms with van der Waals surface area (Å²) in [5.41, 5.74) is 3.62. The zero-order valence-electron chi connectivity index (χ0n) is 12.6. The standard InChI is InChI=1S/C14H17N5O.3ClH/c1-19-5-4-17-13(19)14(20)18-9-11-8-16-7-10-6-15-3-2-12(10)11;;;/h4-5,7-8,15H,2-3,6,9H2,1H3,(H,18,20);3*1H. The number of carbonyl (C=O) groups is 1. The van der Waals surface area contributed by atoms with Gasteiger partial charge in [0.1, 0.15) is 0 Å². The number of nitrogens with one attached hydrogen (secondary N) is 2. The molecule has 3 rings (SSSR count). The van der Waals surface area contributed by atoms with Gasteiger partial charge in [-0.25, -0.2) is 4.98 Å². The fourth-order valence-corrected chi connectivity index (χ4v) is 2.48. The Kier molecular flexibility index (Phi) is 9.16. The molecule has 2 aromatic heterocycles. The molecule has 0 aromatic carbocycles. The van der Waals surface area contributed by atoms with Crippen molar-refractivity contribution in [3.05, 3.63) is 47.3 Å². The molecule has 0 bridgehead atoms. The van der Waals surface area contributed by atoms with E-state index in [-0.39, 0.29) is 43.1 Å². The van der Waals surface area contributed by atoms with E-state index in [1.807, 2.05) is 12.4 Å². The molecular formula is C14H20Cl3N5O. The van der Waals surface area contributed by atoms with Gasteiger partial charge in [0.25, 0.3) is 5.91 Å². The van der Waals surface area contributed by atoms with Crippen molar-refractivity contribution in [2.45, 2.75) is 19.5 Å². The topological polar surface area (TPSA) is 71.8 Å². The minimum absolute atomic E-state index is 0. The number of fused-ring (bicyclic) bond motifs is 1. The van der Waals surface area contributed by atoms with Crippen molar-refractivity contribution in [1.29, 1.82) is 0 Å². The normalized spacial score (nSPS) is 12.0. The van der Waals surface area contributed by atoms with E-state index in [9.17, 15) is 4.79 Å². The monoisotopic (exact) mass is 379 g/mol. The third-order valence-electron chi connectivity index (χ3n) is 3.57. The summed E-state index contributed by atoms with van der Waals surface area (Å²) in [6.45, 7) is 2.31. The van der Waals surface area contributed by atoms with Crippen molar-refractivity contribution in [3.63, 3.8) is 0 Å². The van der Waals surface area contributed by atoms with Gasteiger partial charge in [-0.1, -0.05) is 0 Å². The van der Waals surface area contributed by atoms with E-state index in [4.69, 9.17) is 0 Å². The van der Waals surface area contributed by atoms with Crippen molar-refractivity contribution in [2.24, 2.45) is 7.05 Å². The summed E-state index contributed by atoms with van der Waals surface area (Å²) in [5.74, 6) is 0.258. The average molecular weight is 381 g/mol. The molecule has 1 amide bonds. The molecule has 2 aromatic rings. The van der Waals surface area contributed by atoms with E-state index in [1.54, 1.807) is 24.0 Å². The minimum Gasteiger partial charge on any atom is -0.345 e. The SMILES string of the molecule is Cl.Cl.Cl.Cn1ccnc1C(=O)NCc1cncc2c1CCNC2. The smallest absolute Gasteiger partial charge is 0.287 e. The first-order valence-electron chi connectivity index (χ1n) is 6.66. The van der Waals surface area contributed by atoms with E-state index in [0.717, 1.165) is 25.1 Å². The number of hydrogen-bond donors (Lipinski definition) is 2. The largest absolute Gasteiger partial charge is 0.345 e. The Morgan fingerprint density at radius 2 is 2.13 bits per heavy atom. The minimum atomic E-state index is -0.163. The van der Waals surface area contributed by atoms with E-state index in [2.05, 4.69) is 20.6 Å². The van der Waals surface area contributed by atoms with E-state index in [0.29, 0.717) is 12.4 Å². The molecule has 9 heteroatoms. The number of rotatable bonds is 3. The van der Waals surface area contributed by atoms with Crippen LogP contribution >= 0.6 is 37.2 Å². The molecule has 2 N–H and O–H groups in total. The lowest BCUT2D eigenvalue weighted by atomic mass is 9.98. The summed E-state index contributed by atoms with van der Waals surface area (Å²) in [7, 11) is 1.81. The highest BCUT2D eigenvalue weighted by molar-refractivity contribution is 5.90. The third kappa shape index (κ3) is 4.81. The Labute approximate surface area is 153 Å². The predicted octanol–water partition coefficient (Wildman–Crippen LogP) is 1.66. The molecule has 3 heterocycles. The van der Waals surface area contributed by atoms with Crippen molar-refractivity contribution < 1.29 is 4.79 Å². The molecule has 0 unspecified atom stereocenters. The summed E-state index contributed by atoms with van der Waals surface area (Å²) in [5, 5.41) is 6.23. The fraction of sp³-hybridized carbons (Fsp3) is 0.357. The average Bonchev–Trinajstić information content (AvgIpc) is 2.91. The number of aromatic nitrogens is 3. The number of aryl methyl sites for hydroxylation is 1. The van der Waals surface area contributed by atoms with Crippen LogP contribution in [0.4, 0.5) is 0 Å². The number of imidazole rings is 1. The maximum absolute atomic E-state index is 12.0. The van der Waals surface area contributed by atoms with Crippen molar-refractivity contribution in [1.82, 2.24) is 25.2 Å². The Hall–Kier alpha value is -1.34. The van der Waals surface area contributed by atoms with Crippen LogP contribution in [0.1, 0.15) is 27.3 Å². The lowest BCUT2D eigenvalue weighted by molar-refractivity contribution is 0.0937. The molecule has 128 valence electrons. The second-order valence-electron chi connectivity index (χ2n) is 4.91. The number of halogens is 3. The van der Waals surface area contributed by atoms with Crippen LogP contribution in [-0.4, -0.2) is 27.0 Å². The summed E-state index contributed by atoms with van der Waals surface area (Å²) >= 11 is 0. The molecule has 0 spiro atoms. The summed E-state index contributed by atoms with van der Waals surface area (Å²) in [6.07, 6.45) is 8.08. The Morgan fingerprint density at radius 1 is 1.35 bits per heavy atom. The van der Waals surface area contributed by atoms with Gasteiger partial charge >= 0.3 is 0 Å². The molecule has 6 nitrogen and oxygen atoms in total. The summed E-state index contributed by atoms with van der Waals surface area (Å²) in [6, 6.07) is 0. The highest BCUT2D eigenvalue weighted by Crippen LogP contribution is 2.17. The van der Waals surface area contributed by atoms with Gasteiger partial charge in [-0.2, -0.15) is 0 Å². The van der Waals surface area contributed by atoms with E-state index < -0.39 is 0 Å². The van der Waals surface area contributed by atoms with Gasteiger partial charge in [0.05, 0.1) is 0 Å². The lowest BCUT2D eigenvalue weighted by Gasteiger charge is -2.19. The van der Waals surface area contributed by atoms with Gasteiger partial charge in [0.15, 0.2) is 5.82 Å². The quantitative estimate of drug-likeness (QED) is 0.849. The van der Waals surface area contributed by atoms with Gasteiger partial charge in [-0.3, -0.25) is 9.78 Å². The molecule has 0 aliphatic carbocycles. The zero-order valence-corrected chi connectivity index (χ0v) is 15.1. The van der Waals surface area contributed by atoms with Crippen molar-refractivity contribution in [2.75, 3.05) is 6.54 Å². The summed E-state index contributed by atoms with van der Waals surface area (Å²) < 4.78 is 1.71. The molecule has 0 saturated heterocycles. The maximum atomic E-state index is 12.0. The van der Waals surface area contributed by atoms with Crippen LogP contribution in [0.5, 0.6) is 0 Å². The van der Waals surface area contributed by atoms with Gasteiger partial charge in [0, 0.05) is 44.9 Å². The van der Waals surface area contributed by atoms with Gasteiger partial charge in [-0.05, 0) is 29.7 Å². The first-order valence-corrected chi connectivity index (χ1v) is 6.66. The first-order chi connectivity index (χ1) is 9.75. The first kappa shape index (κ1) is 21.7. The number of pyridine rings is 1. The molecule has 0 saturated carbocycles. The molecule has 0 radical (unpaired) electrons. The zero-order chi connectivity index (χ0) is 13.9. The Morgan fingerprint density at radius 3 is 2.83 bits per heavy atom. The number of amides is 1. The van der Waals surface area contributed by atoms with Crippen LogP contribution in [0.2, 0.25) is 0 Å². The molecule has 0 fully saturated rings. The van der Waals surface area contributed by atoms with Crippen LogP contribution in [0, 0.1) is 0 Å². The molecule has 1 aliphatic heterocycles. The summed E-state index contributed by atoms with van der Waals surface area (Å²) in [4.78, 5) is 20.3. The second kappa shape index (κ2) is 9.72. The highest BCUT2D eigenvalue weighted by Gasteiger charge is 2.15. The van der Waals surface area contributed by atoms with Gasteiger partial charge in [0.2, 0.25) is 0 Å². The number of hydrogen-bond acceptors (Lipinski definition) is 4. The van der Waals surface area contributed by atoms with Crippen LogP contribution in [0.3, 0.4) is 0 Å². The van der Waals surface area contributed by atoms with Crippen LogP contribution in [0.25, 0.3) is 0 Å². The van der Waals surface area contributed by atoms with E-state index >= 15 is 0 Å². The van der Waals surface area contributed by atoms with Crippen LogP contribution in [-0.2, 0) is 26.6 Å². The van der Waals surface area contributed by atoms with Crippen molar-refractivity contribution in [3.8, 4) is 0 Å². The molecular weight excluding hydrogens is 361 g/mol. The predicted molar refractivity (Wildman–Crippen MR) is 95.8 cm³/mol. The number of carbonyl (C=O) groups excluding carboxylic acids is 1. The van der Waals surface area contributed by atoms with Crippen molar-refractivity contribution >= 4 is 43.1 Å². The van der Waals surface area contributed by atoms with Gasteiger partial charge < -0.3 is 15.2 Å². The second-order valence-corrected chi connectivity index (χ2v) is 4.91. The fourth-order valence-electron chi connectivity index (χ4n) is 2.48. The highest BCUT2D eigenvalue weighted by atomic mass is 35.5. The third-order valence-corrected chi connectivity index (χ3v) is 3.57. The maximum Gasteiger partial charge on any atom is 0.287 e. The molecule has 1 aliphatic rings. The van der Waals surface area contributed by atoms with Gasteiger partial charge in [-0.15, -0.1) is 37.2 Å². The Balaban J connectivity index is 0.00000161. The van der Waals surface area contributed by atoms with E-state index in [1.165, 1.54) is 11.1 Å². The van der Waals surface area contributed by atoms with Crippen LogP contribution < -0.4 is 10.6 Å². The Bertz CT molecular complexity index is 647. The molecule has 0 atom stereocenters.